The van der Waals surface area contributed by atoms with Crippen LogP contribution in [0.4, 0.5) is 0 Å². The SMILES string of the molecule is COC(=O)c1ccc(C#C[C@@H](C)C2COC2)cc1OC. The quantitative estimate of drug-likeness (QED) is 0.625. The smallest absolute Gasteiger partial charge is 0.341 e. The van der Waals surface area contributed by atoms with E-state index in [0.717, 1.165) is 18.8 Å². The topological polar surface area (TPSA) is 44.8 Å². The maximum atomic E-state index is 11.6. The van der Waals surface area contributed by atoms with Gasteiger partial charge in [0.05, 0.1) is 27.4 Å². The molecule has 0 N–H and O–H groups in total. The number of methoxy groups -OCH3 is 2. The summed E-state index contributed by atoms with van der Waals surface area (Å²) in [5.41, 5.74) is 1.22. The van der Waals surface area contributed by atoms with Gasteiger partial charge in [-0.15, -0.1) is 0 Å². The van der Waals surface area contributed by atoms with E-state index < -0.39 is 5.97 Å². The van der Waals surface area contributed by atoms with E-state index in [4.69, 9.17) is 14.2 Å². The molecule has 0 radical (unpaired) electrons. The standard InChI is InChI=1S/C16H18O4/c1-11(13-9-20-10-13)4-5-12-6-7-14(16(17)19-3)15(8-12)18-2/h6-8,11,13H,9-10H2,1-3H3/t11-/m1/s1. The molecule has 1 aliphatic heterocycles. The van der Waals surface area contributed by atoms with Crippen molar-refractivity contribution in [1.29, 1.82) is 0 Å². The second-order valence-corrected chi connectivity index (χ2v) is 4.76. The highest BCUT2D eigenvalue weighted by atomic mass is 16.5. The highest BCUT2D eigenvalue weighted by Gasteiger charge is 2.23. The van der Waals surface area contributed by atoms with Gasteiger partial charge in [0, 0.05) is 17.4 Å². The Morgan fingerprint density at radius 1 is 1.40 bits per heavy atom. The zero-order valence-electron chi connectivity index (χ0n) is 11.9. The Bertz CT molecular complexity index is 549. The molecule has 2 rings (SSSR count). The average molecular weight is 274 g/mol. The minimum atomic E-state index is -0.415. The van der Waals surface area contributed by atoms with E-state index in [-0.39, 0.29) is 0 Å². The molecule has 1 fully saturated rings. The number of rotatable bonds is 3. The van der Waals surface area contributed by atoms with Crippen LogP contribution in [-0.2, 0) is 9.47 Å². The fraction of sp³-hybridized carbons (Fsp3) is 0.438. The van der Waals surface area contributed by atoms with Gasteiger partial charge in [-0.05, 0) is 18.2 Å². The first-order valence-corrected chi connectivity index (χ1v) is 6.51. The lowest BCUT2D eigenvalue weighted by Gasteiger charge is -2.28. The summed E-state index contributed by atoms with van der Waals surface area (Å²) in [6.45, 7) is 3.68. The lowest BCUT2D eigenvalue weighted by Crippen LogP contribution is -2.32. The molecule has 0 unspecified atom stereocenters. The van der Waals surface area contributed by atoms with E-state index in [1.54, 1.807) is 18.2 Å². The van der Waals surface area contributed by atoms with Gasteiger partial charge in [-0.3, -0.25) is 0 Å². The minimum absolute atomic E-state index is 0.301. The molecule has 20 heavy (non-hydrogen) atoms. The van der Waals surface area contributed by atoms with E-state index in [2.05, 4.69) is 18.8 Å². The summed E-state index contributed by atoms with van der Waals surface area (Å²) < 4.78 is 15.1. The molecule has 1 saturated heterocycles. The fourth-order valence-corrected chi connectivity index (χ4v) is 1.91. The average Bonchev–Trinajstić information content (AvgIpc) is 2.42. The molecule has 0 bridgehead atoms. The normalized spacial score (nSPS) is 15.6. The predicted octanol–water partition coefficient (Wildman–Crippen LogP) is 2.12. The minimum Gasteiger partial charge on any atom is -0.496 e. The summed E-state index contributed by atoms with van der Waals surface area (Å²) >= 11 is 0. The van der Waals surface area contributed by atoms with Crippen molar-refractivity contribution in [2.24, 2.45) is 11.8 Å². The second kappa shape index (κ2) is 6.44. The third-order valence-electron chi connectivity index (χ3n) is 3.42. The fourth-order valence-electron chi connectivity index (χ4n) is 1.91. The second-order valence-electron chi connectivity index (χ2n) is 4.76. The van der Waals surface area contributed by atoms with Gasteiger partial charge in [0.25, 0.3) is 0 Å². The number of hydrogen-bond acceptors (Lipinski definition) is 4. The van der Waals surface area contributed by atoms with E-state index in [9.17, 15) is 4.79 Å². The lowest BCUT2D eigenvalue weighted by atomic mass is 9.93. The molecule has 4 heteroatoms. The number of carbonyl (C=O) groups is 1. The van der Waals surface area contributed by atoms with Crippen LogP contribution in [0.15, 0.2) is 18.2 Å². The molecule has 106 valence electrons. The Morgan fingerprint density at radius 2 is 2.15 bits per heavy atom. The Morgan fingerprint density at radius 3 is 2.70 bits per heavy atom. The van der Waals surface area contributed by atoms with E-state index in [1.807, 2.05) is 0 Å². The van der Waals surface area contributed by atoms with Gasteiger partial charge in [0.2, 0.25) is 0 Å². The van der Waals surface area contributed by atoms with Crippen LogP contribution in [-0.4, -0.2) is 33.4 Å². The molecule has 0 saturated carbocycles. The van der Waals surface area contributed by atoms with Crippen molar-refractivity contribution in [3.05, 3.63) is 29.3 Å². The van der Waals surface area contributed by atoms with Crippen molar-refractivity contribution >= 4 is 5.97 Å². The van der Waals surface area contributed by atoms with Crippen LogP contribution in [0.2, 0.25) is 0 Å². The van der Waals surface area contributed by atoms with Crippen molar-refractivity contribution in [3.63, 3.8) is 0 Å². The third kappa shape index (κ3) is 3.12. The van der Waals surface area contributed by atoms with E-state index in [0.29, 0.717) is 23.1 Å². The predicted molar refractivity (Wildman–Crippen MR) is 74.7 cm³/mol. The number of esters is 1. The van der Waals surface area contributed by atoms with Crippen molar-refractivity contribution in [2.75, 3.05) is 27.4 Å². The van der Waals surface area contributed by atoms with Gasteiger partial charge in [-0.1, -0.05) is 18.8 Å². The first-order chi connectivity index (χ1) is 9.65. The van der Waals surface area contributed by atoms with Crippen LogP contribution in [0.3, 0.4) is 0 Å². The Kier molecular flexibility index (Phi) is 4.65. The van der Waals surface area contributed by atoms with Crippen molar-refractivity contribution in [3.8, 4) is 17.6 Å². The zero-order valence-corrected chi connectivity index (χ0v) is 11.9. The Balaban J connectivity index is 2.17. The Labute approximate surface area is 119 Å². The molecular weight excluding hydrogens is 256 g/mol. The summed E-state index contributed by atoms with van der Waals surface area (Å²) in [7, 11) is 2.87. The van der Waals surface area contributed by atoms with Crippen LogP contribution >= 0.6 is 0 Å². The van der Waals surface area contributed by atoms with Crippen LogP contribution in [0.25, 0.3) is 0 Å². The summed E-state index contributed by atoms with van der Waals surface area (Å²) in [6.07, 6.45) is 0. The largest absolute Gasteiger partial charge is 0.496 e. The summed E-state index contributed by atoms with van der Waals surface area (Å²) in [5.74, 6) is 7.22. The van der Waals surface area contributed by atoms with Crippen molar-refractivity contribution in [2.45, 2.75) is 6.92 Å². The van der Waals surface area contributed by atoms with Gasteiger partial charge in [-0.25, -0.2) is 4.79 Å². The molecule has 1 aromatic carbocycles. The number of ether oxygens (including phenoxy) is 3. The molecular formula is C16H18O4. The molecule has 0 spiro atoms. The van der Waals surface area contributed by atoms with Gasteiger partial charge in [-0.2, -0.15) is 0 Å². The van der Waals surface area contributed by atoms with Gasteiger partial charge in [0.15, 0.2) is 0 Å². The van der Waals surface area contributed by atoms with Crippen LogP contribution < -0.4 is 4.74 Å². The third-order valence-corrected chi connectivity index (χ3v) is 3.42. The van der Waals surface area contributed by atoms with Crippen molar-refractivity contribution in [1.82, 2.24) is 0 Å². The van der Waals surface area contributed by atoms with E-state index in [1.165, 1.54) is 14.2 Å². The number of hydrogen-bond donors (Lipinski definition) is 0. The molecule has 1 atom stereocenters. The zero-order chi connectivity index (χ0) is 14.5. The summed E-state index contributed by atoms with van der Waals surface area (Å²) in [5, 5.41) is 0. The van der Waals surface area contributed by atoms with Gasteiger partial charge < -0.3 is 14.2 Å². The maximum Gasteiger partial charge on any atom is 0.341 e. The molecule has 1 aromatic rings. The molecule has 4 nitrogen and oxygen atoms in total. The van der Waals surface area contributed by atoms with Crippen LogP contribution in [0.5, 0.6) is 5.75 Å². The molecule has 0 aliphatic carbocycles. The van der Waals surface area contributed by atoms with Crippen molar-refractivity contribution < 1.29 is 19.0 Å². The van der Waals surface area contributed by atoms with Gasteiger partial charge >= 0.3 is 5.97 Å². The number of benzene rings is 1. The highest BCUT2D eigenvalue weighted by Crippen LogP contribution is 2.22. The first kappa shape index (κ1) is 14.4. The molecule has 0 amide bonds. The highest BCUT2D eigenvalue weighted by molar-refractivity contribution is 5.92. The molecule has 0 aromatic heterocycles. The molecule has 1 heterocycles. The molecule has 1 aliphatic rings. The maximum absolute atomic E-state index is 11.6. The van der Waals surface area contributed by atoms with Gasteiger partial charge in [0.1, 0.15) is 11.3 Å². The number of carbonyl (C=O) groups excluding carboxylic acids is 1. The monoisotopic (exact) mass is 274 g/mol. The van der Waals surface area contributed by atoms with Crippen LogP contribution in [0, 0.1) is 23.7 Å². The van der Waals surface area contributed by atoms with Crippen LogP contribution in [0.1, 0.15) is 22.8 Å². The Hall–Kier alpha value is -1.99. The summed E-state index contributed by atoms with van der Waals surface area (Å²) in [4.78, 5) is 11.6. The lowest BCUT2D eigenvalue weighted by molar-refractivity contribution is -0.0465. The summed E-state index contributed by atoms with van der Waals surface area (Å²) in [6, 6.07) is 5.22. The first-order valence-electron chi connectivity index (χ1n) is 6.51. The van der Waals surface area contributed by atoms with E-state index >= 15 is 0 Å².